The third-order valence-corrected chi connectivity index (χ3v) is 4.06. The smallest absolute Gasteiger partial charge is 0.0406 e. The van der Waals surface area contributed by atoms with Crippen LogP contribution in [-0.2, 0) is 5.41 Å². The molecule has 1 nitrogen and oxygen atoms in total. The summed E-state index contributed by atoms with van der Waals surface area (Å²) in [6.45, 7) is 1.17. The molecule has 0 bridgehead atoms. The van der Waals surface area contributed by atoms with Crippen LogP contribution in [0.3, 0.4) is 0 Å². The van der Waals surface area contributed by atoms with Gasteiger partial charge < -0.3 is 4.90 Å². The maximum absolute atomic E-state index is 5.94. The third kappa shape index (κ3) is 2.41. The molecule has 0 atom stereocenters. The molecule has 0 heterocycles. The molecule has 88 valence electrons. The zero-order chi connectivity index (χ0) is 11.6. The lowest BCUT2D eigenvalue weighted by molar-refractivity contribution is 0.201. The van der Waals surface area contributed by atoms with E-state index >= 15 is 0 Å². The number of hydrogen-bond acceptors (Lipinski definition) is 1. The molecule has 0 radical (unpaired) electrons. The van der Waals surface area contributed by atoms with E-state index in [-0.39, 0.29) is 0 Å². The van der Waals surface area contributed by atoms with Crippen molar-refractivity contribution in [2.45, 2.75) is 31.1 Å². The molecule has 0 amide bonds. The SMILES string of the molecule is CN(C)CCC1(c2ccc(Cl)cc2)CCC1. The fraction of sp³-hybridized carbons (Fsp3) is 0.571. The fourth-order valence-corrected chi connectivity index (χ4v) is 2.65. The molecule has 0 spiro atoms. The van der Waals surface area contributed by atoms with E-state index in [1.54, 1.807) is 0 Å². The lowest BCUT2D eigenvalue weighted by Crippen LogP contribution is -2.37. The Kier molecular flexibility index (Phi) is 3.56. The van der Waals surface area contributed by atoms with Crippen LogP contribution in [0.5, 0.6) is 0 Å². The van der Waals surface area contributed by atoms with Crippen LogP contribution < -0.4 is 0 Å². The molecule has 1 aromatic rings. The van der Waals surface area contributed by atoms with Crippen molar-refractivity contribution >= 4 is 11.6 Å². The van der Waals surface area contributed by atoms with Gasteiger partial charge in [0.1, 0.15) is 0 Å². The maximum Gasteiger partial charge on any atom is 0.0406 e. The topological polar surface area (TPSA) is 3.24 Å². The van der Waals surface area contributed by atoms with Gasteiger partial charge in [0.25, 0.3) is 0 Å². The molecular formula is C14H20ClN. The summed E-state index contributed by atoms with van der Waals surface area (Å²) < 4.78 is 0. The largest absolute Gasteiger partial charge is 0.309 e. The zero-order valence-corrected chi connectivity index (χ0v) is 10.9. The van der Waals surface area contributed by atoms with Gasteiger partial charge in [0.15, 0.2) is 0 Å². The number of hydrogen-bond donors (Lipinski definition) is 0. The number of benzene rings is 1. The van der Waals surface area contributed by atoms with Crippen molar-refractivity contribution in [3.63, 3.8) is 0 Å². The van der Waals surface area contributed by atoms with E-state index in [1.165, 1.54) is 37.8 Å². The first kappa shape index (κ1) is 11.9. The molecule has 1 aliphatic rings. The number of nitrogens with zero attached hydrogens (tertiary/aromatic N) is 1. The number of rotatable bonds is 4. The molecule has 0 aromatic heterocycles. The second-order valence-corrected chi connectivity index (χ2v) is 5.63. The molecule has 0 saturated heterocycles. The molecular weight excluding hydrogens is 218 g/mol. The Morgan fingerprint density at radius 3 is 2.25 bits per heavy atom. The molecule has 1 aromatic carbocycles. The molecule has 2 heteroatoms. The van der Waals surface area contributed by atoms with Gasteiger partial charge in [0.05, 0.1) is 0 Å². The summed E-state index contributed by atoms with van der Waals surface area (Å²) in [5, 5.41) is 0.839. The normalized spacial score (nSPS) is 18.5. The van der Waals surface area contributed by atoms with Crippen molar-refractivity contribution < 1.29 is 0 Å². The van der Waals surface area contributed by atoms with Crippen molar-refractivity contribution in [2.24, 2.45) is 0 Å². The average Bonchev–Trinajstić information content (AvgIpc) is 2.18. The van der Waals surface area contributed by atoms with E-state index in [2.05, 4.69) is 31.1 Å². The average molecular weight is 238 g/mol. The summed E-state index contributed by atoms with van der Waals surface area (Å²) in [4.78, 5) is 2.27. The van der Waals surface area contributed by atoms with Crippen LogP contribution in [0.2, 0.25) is 5.02 Å². The molecule has 0 unspecified atom stereocenters. The van der Waals surface area contributed by atoms with Crippen LogP contribution in [0.15, 0.2) is 24.3 Å². The van der Waals surface area contributed by atoms with E-state index in [4.69, 9.17) is 11.6 Å². The highest BCUT2D eigenvalue weighted by Crippen LogP contribution is 2.46. The molecule has 0 aliphatic heterocycles. The highest BCUT2D eigenvalue weighted by Gasteiger charge is 2.37. The molecule has 1 aliphatic carbocycles. The highest BCUT2D eigenvalue weighted by atomic mass is 35.5. The van der Waals surface area contributed by atoms with Crippen molar-refractivity contribution in [3.05, 3.63) is 34.9 Å². The predicted octanol–water partition coefficient (Wildman–Crippen LogP) is 3.71. The summed E-state index contributed by atoms with van der Waals surface area (Å²) in [5.74, 6) is 0. The summed E-state index contributed by atoms with van der Waals surface area (Å²) in [5.41, 5.74) is 1.92. The highest BCUT2D eigenvalue weighted by molar-refractivity contribution is 6.30. The molecule has 1 fully saturated rings. The minimum atomic E-state index is 0.439. The molecule has 16 heavy (non-hydrogen) atoms. The van der Waals surface area contributed by atoms with Crippen LogP contribution in [-0.4, -0.2) is 25.5 Å². The first-order chi connectivity index (χ1) is 7.62. The monoisotopic (exact) mass is 237 g/mol. The predicted molar refractivity (Wildman–Crippen MR) is 70.2 cm³/mol. The van der Waals surface area contributed by atoms with Gasteiger partial charge in [-0.2, -0.15) is 0 Å². The lowest BCUT2D eigenvalue weighted by atomic mass is 9.62. The maximum atomic E-state index is 5.94. The Hall–Kier alpha value is -0.530. The standard InChI is InChI=1S/C14H20ClN/c1-16(2)11-10-14(8-3-9-14)12-4-6-13(15)7-5-12/h4-7H,3,8-11H2,1-2H3. The fourth-order valence-electron chi connectivity index (χ4n) is 2.53. The minimum Gasteiger partial charge on any atom is -0.309 e. The summed E-state index contributed by atoms with van der Waals surface area (Å²) in [7, 11) is 4.29. The molecule has 0 N–H and O–H groups in total. The Morgan fingerprint density at radius 1 is 1.19 bits per heavy atom. The van der Waals surface area contributed by atoms with Gasteiger partial charge in [0, 0.05) is 5.02 Å². The Balaban J connectivity index is 2.11. The first-order valence-corrected chi connectivity index (χ1v) is 6.41. The zero-order valence-electron chi connectivity index (χ0n) is 10.2. The van der Waals surface area contributed by atoms with Crippen LogP contribution in [0, 0.1) is 0 Å². The quantitative estimate of drug-likeness (QED) is 0.772. The van der Waals surface area contributed by atoms with Crippen molar-refractivity contribution in [2.75, 3.05) is 20.6 Å². The van der Waals surface area contributed by atoms with Gasteiger partial charge in [0.2, 0.25) is 0 Å². The Labute approximate surface area is 103 Å². The van der Waals surface area contributed by atoms with E-state index in [1.807, 2.05) is 12.1 Å². The van der Waals surface area contributed by atoms with E-state index in [0.717, 1.165) is 5.02 Å². The third-order valence-electron chi connectivity index (χ3n) is 3.80. The van der Waals surface area contributed by atoms with Crippen LogP contribution in [0.1, 0.15) is 31.2 Å². The number of halogens is 1. The van der Waals surface area contributed by atoms with E-state index < -0.39 is 0 Å². The van der Waals surface area contributed by atoms with Gasteiger partial charge in [-0.1, -0.05) is 30.2 Å². The van der Waals surface area contributed by atoms with Gasteiger partial charge in [-0.05, 0) is 63.0 Å². The summed E-state index contributed by atoms with van der Waals surface area (Å²) >= 11 is 5.94. The summed E-state index contributed by atoms with van der Waals surface area (Å²) in [6, 6.07) is 8.45. The van der Waals surface area contributed by atoms with E-state index in [9.17, 15) is 0 Å². The van der Waals surface area contributed by atoms with Crippen LogP contribution in [0.25, 0.3) is 0 Å². The van der Waals surface area contributed by atoms with Crippen LogP contribution >= 0.6 is 11.6 Å². The summed E-state index contributed by atoms with van der Waals surface area (Å²) in [6.07, 6.45) is 5.31. The Bertz CT molecular complexity index is 338. The van der Waals surface area contributed by atoms with E-state index in [0.29, 0.717) is 5.41 Å². The van der Waals surface area contributed by atoms with Crippen molar-refractivity contribution in [1.82, 2.24) is 4.90 Å². The minimum absolute atomic E-state index is 0.439. The second kappa shape index (κ2) is 4.77. The van der Waals surface area contributed by atoms with Gasteiger partial charge in [-0.3, -0.25) is 0 Å². The van der Waals surface area contributed by atoms with Crippen molar-refractivity contribution in [1.29, 1.82) is 0 Å². The van der Waals surface area contributed by atoms with Gasteiger partial charge in [-0.15, -0.1) is 0 Å². The Morgan fingerprint density at radius 2 is 1.81 bits per heavy atom. The van der Waals surface area contributed by atoms with Crippen molar-refractivity contribution in [3.8, 4) is 0 Å². The lowest BCUT2D eigenvalue weighted by Gasteiger charge is -2.43. The first-order valence-electron chi connectivity index (χ1n) is 6.03. The van der Waals surface area contributed by atoms with Gasteiger partial charge >= 0.3 is 0 Å². The molecule has 2 rings (SSSR count). The van der Waals surface area contributed by atoms with Gasteiger partial charge in [-0.25, -0.2) is 0 Å². The van der Waals surface area contributed by atoms with Crippen LogP contribution in [0.4, 0.5) is 0 Å². The molecule has 1 saturated carbocycles. The second-order valence-electron chi connectivity index (χ2n) is 5.19.